The summed E-state index contributed by atoms with van der Waals surface area (Å²) in [6.07, 6.45) is 0.758. The van der Waals surface area contributed by atoms with E-state index in [-0.39, 0.29) is 33.8 Å². The predicted molar refractivity (Wildman–Crippen MR) is 113 cm³/mol. The quantitative estimate of drug-likeness (QED) is 0.510. The molecule has 1 N–H and O–H groups in total. The van der Waals surface area contributed by atoms with E-state index < -0.39 is 11.9 Å². The highest BCUT2D eigenvalue weighted by molar-refractivity contribution is 6.39. The van der Waals surface area contributed by atoms with E-state index in [1.54, 1.807) is 24.3 Å². The third-order valence-electron chi connectivity index (χ3n) is 4.25. The maximum Gasteiger partial charge on any atom is 0.345 e. The van der Waals surface area contributed by atoms with Gasteiger partial charge in [-0.1, -0.05) is 59.5 Å². The number of aromatic nitrogens is 1. The second kappa shape index (κ2) is 9.65. The fraction of sp³-hybridized carbons (Fsp3) is 0.190. The molecular weight excluding hydrogens is 431 g/mol. The summed E-state index contributed by atoms with van der Waals surface area (Å²) in [4.78, 5) is 24.8. The summed E-state index contributed by atoms with van der Waals surface area (Å²) in [6, 6.07) is 12.2. The molecule has 30 heavy (non-hydrogen) atoms. The number of aryl methyl sites for hydroxylation is 1. The van der Waals surface area contributed by atoms with Gasteiger partial charge in [0.25, 0.3) is 5.91 Å². The zero-order chi connectivity index (χ0) is 21.7. The van der Waals surface area contributed by atoms with E-state index in [1.807, 2.05) is 25.1 Å². The highest BCUT2D eigenvalue weighted by atomic mass is 35.5. The number of benzene rings is 2. The molecule has 3 aromatic rings. The number of para-hydroxylation sites is 1. The lowest BCUT2D eigenvalue weighted by Crippen LogP contribution is -2.21. The van der Waals surface area contributed by atoms with Crippen molar-refractivity contribution in [2.75, 3.05) is 19.0 Å². The first kappa shape index (κ1) is 21.7. The van der Waals surface area contributed by atoms with Crippen molar-refractivity contribution in [2.45, 2.75) is 13.3 Å². The largest absolute Gasteiger partial charge is 0.483 e. The monoisotopic (exact) mass is 448 g/mol. The van der Waals surface area contributed by atoms with E-state index >= 15 is 0 Å². The zero-order valence-electron chi connectivity index (χ0n) is 16.2. The molecule has 3 rings (SSSR count). The van der Waals surface area contributed by atoms with Gasteiger partial charge < -0.3 is 14.0 Å². The molecule has 0 unspecified atom stereocenters. The second-order valence-electron chi connectivity index (χ2n) is 6.12. The van der Waals surface area contributed by atoms with Crippen LogP contribution in [0, 0.1) is 0 Å². The van der Waals surface area contributed by atoms with Crippen molar-refractivity contribution in [3.05, 3.63) is 63.6 Å². The first-order chi connectivity index (χ1) is 14.5. The number of nitrogens with zero attached hydrogens (tertiary/aromatic N) is 1. The number of esters is 1. The van der Waals surface area contributed by atoms with Gasteiger partial charge in [0.05, 0.1) is 17.2 Å². The van der Waals surface area contributed by atoms with Crippen LogP contribution in [0.1, 0.15) is 22.8 Å². The van der Waals surface area contributed by atoms with Crippen LogP contribution in [-0.2, 0) is 16.0 Å². The van der Waals surface area contributed by atoms with E-state index in [4.69, 9.17) is 37.2 Å². The van der Waals surface area contributed by atoms with Gasteiger partial charge in [0, 0.05) is 5.56 Å². The third-order valence-corrected chi connectivity index (χ3v) is 4.88. The number of halogens is 2. The molecule has 0 aliphatic rings. The van der Waals surface area contributed by atoms with Crippen LogP contribution < -0.4 is 10.1 Å². The normalized spacial score (nSPS) is 10.5. The number of rotatable bonds is 7. The summed E-state index contributed by atoms with van der Waals surface area (Å²) in [5, 5.41) is 6.88. The predicted octanol–water partition coefficient (Wildman–Crippen LogP) is 5.01. The number of carbonyl (C=O) groups excluding carboxylic acids is 2. The minimum atomic E-state index is -0.769. The SMILES string of the molecule is CCc1ccccc1OCC(=O)Nc1onc(-c2c(Cl)cccc2Cl)c1C(=O)OC. The van der Waals surface area contributed by atoms with Crippen molar-refractivity contribution in [3.8, 4) is 17.0 Å². The number of carbonyl (C=O) groups is 2. The Morgan fingerprint density at radius 3 is 2.47 bits per heavy atom. The van der Waals surface area contributed by atoms with Crippen LogP contribution in [0.3, 0.4) is 0 Å². The van der Waals surface area contributed by atoms with E-state index in [0.29, 0.717) is 11.3 Å². The smallest absolute Gasteiger partial charge is 0.345 e. The highest BCUT2D eigenvalue weighted by Crippen LogP contribution is 2.38. The van der Waals surface area contributed by atoms with Crippen molar-refractivity contribution < 1.29 is 23.6 Å². The van der Waals surface area contributed by atoms with Crippen LogP contribution in [-0.4, -0.2) is 30.7 Å². The molecule has 0 radical (unpaired) electrons. The first-order valence-corrected chi connectivity index (χ1v) is 9.74. The molecule has 1 heterocycles. The Bertz CT molecular complexity index is 1060. The zero-order valence-corrected chi connectivity index (χ0v) is 17.7. The van der Waals surface area contributed by atoms with Crippen LogP contribution in [0.15, 0.2) is 47.0 Å². The molecule has 9 heteroatoms. The lowest BCUT2D eigenvalue weighted by molar-refractivity contribution is -0.118. The van der Waals surface area contributed by atoms with Gasteiger partial charge in [-0.25, -0.2) is 4.79 Å². The summed E-state index contributed by atoms with van der Waals surface area (Å²) in [6.45, 7) is 1.70. The molecule has 156 valence electrons. The molecule has 1 aromatic heterocycles. The molecule has 0 atom stereocenters. The number of hydrogen-bond acceptors (Lipinski definition) is 6. The number of hydrogen-bond donors (Lipinski definition) is 1. The second-order valence-corrected chi connectivity index (χ2v) is 6.94. The molecule has 0 saturated heterocycles. The molecule has 1 amide bonds. The van der Waals surface area contributed by atoms with Crippen molar-refractivity contribution in [2.24, 2.45) is 0 Å². The minimum absolute atomic E-state index is 0.0602. The Kier molecular flexibility index (Phi) is 6.97. The van der Waals surface area contributed by atoms with Crippen molar-refractivity contribution in [3.63, 3.8) is 0 Å². The molecule has 7 nitrogen and oxygen atoms in total. The summed E-state index contributed by atoms with van der Waals surface area (Å²) in [5.41, 5.74) is 1.22. The van der Waals surface area contributed by atoms with Gasteiger partial charge in [-0.05, 0) is 30.2 Å². The molecule has 2 aromatic carbocycles. The van der Waals surface area contributed by atoms with E-state index in [9.17, 15) is 9.59 Å². The molecular formula is C21H18Cl2N2O5. The maximum atomic E-state index is 12.4. The van der Waals surface area contributed by atoms with Crippen LogP contribution in [0.25, 0.3) is 11.3 Å². The van der Waals surface area contributed by atoms with E-state index in [0.717, 1.165) is 12.0 Å². The van der Waals surface area contributed by atoms with Crippen molar-refractivity contribution in [1.82, 2.24) is 5.16 Å². The fourth-order valence-corrected chi connectivity index (χ4v) is 3.38. The fourth-order valence-electron chi connectivity index (χ4n) is 2.80. The van der Waals surface area contributed by atoms with Gasteiger partial charge in [-0.2, -0.15) is 0 Å². The molecule has 0 spiro atoms. The lowest BCUT2D eigenvalue weighted by Gasteiger charge is -2.10. The van der Waals surface area contributed by atoms with E-state index in [1.165, 1.54) is 7.11 Å². The summed E-state index contributed by atoms with van der Waals surface area (Å²) >= 11 is 12.4. The van der Waals surface area contributed by atoms with Gasteiger partial charge in [0.2, 0.25) is 5.88 Å². The number of amides is 1. The topological polar surface area (TPSA) is 90.7 Å². The first-order valence-electron chi connectivity index (χ1n) is 8.99. The number of nitrogens with one attached hydrogen (secondary N) is 1. The summed E-state index contributed by atoms with van der Waals surface area (Å²) in [7, 11) is 1.20. The molecule has 0 aliphatic heterocycles. The number of anilines is 1. The van der Waals surface area contributed by atoms with Crippen LogP contribution in [0.5, 0.6) is 5.75 Å². The molecule has 0 aliphatic carbocycles. The number of methoxy groups -OCH3 is 1. The van der Waals surface area contributed by atoms with Gasteiger partial charge in [0.15, 0.2) is 12.2 Å². The summed E-state index contributed by atoms with van der Waals surface area (Å²) < 4.78 is 15.6. The van der Waals surface area contributed by atoms with Gasteiger partial charge in [0.1, 0.15) is 11.4 Å². The molecule has 0 saturated carbocycles. The van der Waals surface area contributed by atoms with Crippen molar-refractivity contribution >= 4 is 41.0 Å². The average molecular weight is 449 g/mol. The lowest BCUT2D eigenvalue weighted by atomic mass is 10.1. The highest BCUT2D eigenvalue weighted by Gasteiger charge is 2.28. The minimum Gasteiger partial charge on any atom is -0.483 e. The average Bonchev–Trinajstić information content (AvgIpc) is 3.14. The Morgan fingerprint density at radius 1 is 1.10 bits per heavy atom. The van der Waals surface area contributed by atoms with Crippen LogP contribution in [0.2, 0.25) is 10.0 Å². The summed E-state index contributed by atoms with van der Waals surface area (Å²) in [5.74, 6) is -0.900. The van der Waals surface area contributed by atoms with Crippen LogP contribution >= 0.6 is 23.2 Å². The third kappa shape index (κ3) is 4.58. The van der Waals surface area contributed by atoms with Crippen molar-refractivity contribution in [1.29, 1.82) is 0 Å². The Balaban J connectivity index is 1.85. The molecule has 0 fully saturated rings. The van der Waals surface area contributed by atoms with Gasteiger partial charge in [-0.15, -0.1) is 0 Å². The van der Waals surface area contributed by atoms with Gasteiger partial charge in [-0.3, -0.25) is 10.1 Å². The van der Waals surface area contributed by atoms with Gasteiger partial charge >= 0.3 is 5.97 Å². The number of ether oxygens (including phenoxy) is 2. The Morgan fingerprint density at radius 2 is 1.80 bits per heavy atom. The standard InChI is InChI=1S/C21H18Cl2N2O5/c1-3-12-7-4-5-10-15(12)29-11-16(26)24-20-18(21(27)28-2)19(25-30-20)17-13(22)8-6-9-14(17)23/h4-10H,3,11H2,1-2H3,(H,24,26). The van der Waals surface area contributed by atoms with Crippen LogP contribution in [0.4, 0.5) is 5.88 Å². The Hall–Kier alpha value is -3.03. The Labute approximate surface area is 182 Å². The molecule has 0 bridgehead atoms. The van der Waals surface area contributed by atoms with E-state index in [2.05, 4.69) is 10.5 Å². The maximum absolute atomic E-state index is 12.4.